The summed E-state index contributed by atoms with van der Waals surface area (Å²) in [6, 6.07) is 8.31. The van der Waals surface area contributed by atoms with Gasteiger partial charge in [-0.2, -0.15) is 13.2 Å². The Morgan fingerprint density at radius 3 is 2.30 bits per heavy atom. The first-order valence-corrected chi connectivity index (χ1v) is 9.03. The summed E-state index contributed by atoms with van der Waals surface area (Å²) >= 11 is 0. The number of carbonyl (C=O) groups is 1. The zero-order valence-electron chi connectivity index (χ0n) is 16.5. The molecule has 0 heterocycles. The second kappa shape index (κ2) is 9.47. The van der Waals surface area contributed by atoms with Crippen molar-refractivity contribution in [2.24, 2.45) is 5.92 Å². The first-order valence-electron chi connectivity index (χ1n) is 9.03. The third kappa shape index (κ3) is 6.36. The number of nitro benzene ring substituents is 1. The van der Waals surface area contributed by atoms with Gasteiger partial charge in [-0.25, -0.2) is 4.79 Å². The molecule has 162 valence electrons. The Kier molecular flexibility index (Phi) is 7.25. The molecule has 0 spiro atoms. The number of halogens is 3. The fourth-order valence-corrected chi connectivity index (χ4v) is 2.36. The lowest BCUT2D eigenvalue weighted by Crippen LogP contribution is -2.27. The molecule has 0 saturated heterocycles. The van der Waals surface area contributed by atoms with Crippen molar-refractivity contribution in [1.29, 1.82) is 0 Å². The van der Waals surface area contributed by atoms with Gasteiger partial charge < -0.3 is 14.8 Å². The van der Waals surface area contributed by atoms with Crippen molar-refractivity contribution >= 4 is 23.0 Å². The Morgan fingerprint density at radius 2 is 1.77 bits per heavy atom. The lowest BCUT2D eigenvalue weighted by molar-refractivity contribution is -0.384. The maximum atomic E-state index is 12.8. The summed E-state index contributed by atoms with van der Waals surface area (Å²) in [5.74, 6) is 0.0449. The number of esters is 1. The van der Waals surface area contributed by atoms with Crippen molar-refractivity contribution < 1.29 is 32.4 Å². The Hall–Kier alpha value is -3.30. The van der Waals surface area contributed by atoms with Gasteiger partial charge in [-0.05, 0) is 49.2 Å². The van der Waals surface area contributed by atoms with Gasteiger partial charge in [0.25, 0.3) is 5.69 Å². The number of benzene rings is 2. The zero-order valence-corrected chi connectivity index (χ0v) is 16.5. The minimum absolute atomic E-state index is 0.0905. The molecule has 2 aromatic rings. The summed E-state index contributed by atoms with van der Waals surface area (Å²) in [6.07, 6.45) is -5.52. The van der Waals surface area contributed by atoms with Crippen LogP contribution in [0.2, 0.25) is 0 Å². The smallest absolute Gasteiger partial charge is 0.416 e. The number of anilines is 2. The first kappa shape index (κ1) is 23.0. The number of nitro groups is 1. The summed E-state index contributed by atoms with van der Waals surface area (Å²) in [7, 11) is 0. The van der Waals surface area contributed by atoms with Crippen LogP contribution in [0.15, 0.2) is 42.5 Å². The minimum atomic E-state index is -4.69. The van der Waals surface area contributed by atoms with Crippen LogP contribution in [-0.4, -0.2) is 23.6 Å². The number of hydrogen-bond acceptors (Lipinski definition) is 6. The largest absolute Gasteiger partial charge is 0.479 e. The lowest BCUT2D eigenvalue weighted by atomic mass is 10.1. The Labute approximate surface area is 170 Å². The molecule has 1 atom stereocenters. The SMILES string of the molecule is CC(C)COC(=O)C(C)Oc1ccc(Nc2ccc(C(F)(F)F)cc2[N+](=O)[O-])cc1. The molecule has 0 aliphatic rings. The summed E-state index contributed by atoms with van der Waals surface area (Å²) in [6.45, 7) is 5.64. The Bertz CT molecular complexity index is 898. The van der Waals surface area contributed by atoms with Crippen LogP contribution in [0.25, 0.3) is 0 Å². The van der Waals surface area contributed by atoms with Crippen LogP contribution < -0.4 is 10.1 Å². The molecular weight excluding hydrogens is 405 g/mol. The predicted molar refractivity (Wildman–Crippen MR) is 104 cm³/mol. The van der Waals surface area contributed by atoms with E-state index in [-0.39, 0.29) is 18.2 Å². The molecule has 1 unspecified atom stereocenters. The molecule has 7 nitrogen and oxygen atoms in total. The Morgan fingerprint density at radius 1 is 1.13 bits per heavy atom. The molecule has 2 aromatic carbocycles. The van der Waals surface area contributed by atoms with E-state index in [1.807, 2.05) is 13.8 Å². The third-order valence-electron chi connectivity index (χ3n) is 3.86. The molecule has 0 amide bonds. The first-order chi connectivity index (χ1) is 14.0. The van der Waals surface area contributed by atoms with Gasteiger partial charge >= 0.3 is 12.1 Å². The summed E-state index contributed by atoms with van der Waals surface area (Å²) in [4.78, 5) is 22.1. The summed E-state index contributed by atoms with van der Waals surface area (Å²) in [5, 5.41) is 13.9. The van der Waals surface area contributed by atoms with Crippen molar-refractivity contribution in [2.75, 3.05) is 11.9 Å². The normalized spacial score (nSPS) is 12.4. The maximum Gasteiger partial charge on any atom is 0.416 e. The van der Waals surface area contributed by atoms with Crippen molar-refractivity contribution in [3.63, 3.8) is 0 Å². The van der Waals surface area contributed by atoms with Crippen LogP contribution in [0.1, 0.15) is 26.3 Å². The van der Waals surface area contributed by atoms with E-state index in [0.29, 0.717) is 17.5 Å². The topological polar surface area (TPSA) is 90.7 Å². The molecule has 1 N–H and O–H groups in total. The molecular formula is C20H21F3N2O5. The molecule has 0 saturated carbocycles. The van der Waals surface area contributed by atoms with Crippen molar-refractivity contribution in [2.45, 2.75) is 33.1 Å². The maximum absolute atomic E-state index is 12.8. The highest BCUT2D eigenvalue weighted by Crippen LogP contribution is 2.36. The Balaban J connectivity index is 2.09. The number of carbonyl (C=O) groups excluding carboxylic acids is 1. The monoisotopic (exact) mass is 426 g/mol. The van der Waals surface area contributed by atoms with Gasteiger partial charge in [0.05, 0.1) is 17.1 Å². The van der Waals surface area contributed by atoms with Crippen LogP contribution in [0.3, 0.4) is 0 Å². The van der Waals surface area contributed by atoms with E-state index in [1.165, 1.54) is 24.3 Å². The average molecular weight is 426 g/mol. The van der Waals surface area contributed by atoms with Crippen molar-refractivity contribution in [1.82, 2.24) is 0 Å². The molecule has 0 radical (unpaired) electrons. The van der Waals surface area contributed by atoms with Gasteiger partial charge in [0.15, 0.2) is 6.10 Å². The van der Waals surface area contributed by atoms with Crippen molar-refractivity contribution in [3.05, 3.63) is 58.1 Å². The number of alkyl halides is 3. The quantitative estimate of drug-likeness (QED) is 0.349. The van der Waals surface area contributed by atoms with Gasteiger partial charge in [-0.15, -0.1) is 0 Å². The fraction of sp³-hybridized carbons (Fsp3) is 0.350. The molecule has 10 heteroatoms. The molecule has 30 heavy (non-hydrogen) atoms. The standard InChI is InChI=1S/C20H21F3N2O5/c1-12(2)11-29-19(26)13(3)30-16-7-5-15(6-8-16)24-17-9-4-14(20(21,22)23)10-18(17)25(27)28/h4-10,12-13,24H,11H2,1-3H3. The fourth-order valence-electron chi connectivity index (χ4n) is 2.36. The second-order valence-electron chi connectivity index (χ2n) is 6.92. The van der Waals surface area contributed by atoms with Gasteiger partial charge in [-0.1, -0.05) is 13.8 Å². The minimum Gasteiger partial charge on any atom is -0.479 e. The molecule has 0 bridgehead atoms. The van der Waals surface area contributed by atoms with E-state index in [9.17, 15) is 28.1 Å². The van der Waals surface area contributed by atoms with Gasteiger partial charge in [0.1, 0.15) is 11.4 Å². The highest BCUT2D eigenvalue weighted by atomic mass is 19.4. The van der Waals surface area contributed by atoms with Gasteiger partial charge in [0.2, 0.25) is 0 Å². The van der Waals surface area contributed by atoms with Crippen LogP contribution in [0, 0.1) is 16.0 Å². The number of ether oxygens (including phenoxy) is 2. The highest BCUT2D eigenvalue weighted by Gasteiger charge is 2.33. The molecule has 0 aliphatic heterocycles. The van der Waals surface area contributed by atoms with Crippen LogP contribution in [-0.2, 0) is 15.7 Å². The lowest BCUT2D eigenvalue weighted by Gasteiger charge is -2.15. The van der Waals surface area contributed by atoms with E-state index in [0.717, 1.165) is 12.1 Å². The van der Waals surface area contributed by atoms with Gasteiger partial charge in [0, 0.05) is 11.8 Å². The number of nitrogens with zero attached hydrogens (tertiary/aromatic N) is 1. The average Bonchev–Trinajstić information content (AvgIpc) is 2.66. The third-order valence-corrected chi connectivity index (χ3v) is 3.86. The van der Waals surface area contributed by atoms with Crippen molar-refractivity contribution in [3.8, 4) is 5.75 Å². The second-order valence-corrected chi connectivity index (χ2v) is 6.92. The number of nitrogens with one attached hydrogen (secondary N) is 1. The van der Waals surface area contributed by atoms with E-state index in [1.54, 1.807) is 6.92 Å². The summed E-state index contributed by atoms with van der Waals surface area (Å²) < 4.78 is 49.0. The van der Waals surface area contributed by atoms with E-state index in [4.69, 9.17) is 9.47 Å². The molecule has 2 rings (SSSR count). The molecule has 0 aromatic heterocycles. The number of hydrogen-bond donors (Lipinski definition) is 1. The van der Waals surface area contributed by atoms with Crippen LogP contribution >= 0.6 is 0 Å². The molecule has 0 fully saturated rings. The van der Waals surface area contributed by atoms with Crippen LogP contribution in [0.4, 0.5) is 30.2 Å². The zero-order chi connectivity index (χ0) is 22.5. The van der Waals surface area contributed by atoms with E-state index in [2.05, 4.69) is 5.32 Å². The predicted octanol–water partition coefficient (Wildman–Crippen LogP) is 5.32. The van der Waals surface area contributed by atoms with E-state index >= 15 is 0 Å². The highest BCUT2D eigenvalue weighted by molar-refractivity contribution is 5.75. The van der Waals surface area contributed by atoms with E-state index < -0.39 is 34.4 Å². The molecule has 0 aliphatic carbocycles. The van der Waals surface area contributed by atoms with Crippen LogP contribution in [0.5, 0.6) is 5.75 Å². The summed E-state index contributed by atoms with van der Waals surface area (Å²) in [5.41, 5.74) is -1.51. The van der Waals surface area contributed by atoms with Gasteiger partial charge in [-0.3, -0.25) is 10.1 Å². The number of rotatable bonds is 8.